The second-order valence-electron chi connectivity index (χ2n) is 8.93. The smallest absolute Gasteiger partial charge is 0.227 e. The van der Waals surface area contributed by atoms with Crippen LogP contribution in [0.5, 0.6) is 0 Å². The van der Waals surface area contributed by atoms with E-state index in [1.54, 1.807) is 0 Å². The van der Waals surface area contributed by atoms with Crippen molar-refractivity contribution in [2.45, 2.75) is 58.5 Å². The van der Waals surface area contributed by atoms with Crippen LogP contribution in [0.3, 0.4) is 0 Å². The van der Waals surface area contributed by atoms with E-state index in [-0.39, 0.29) is 36.1 Å². The Morgan fingerprint density at radius 1 is 1.26 bits per heavy atom. The fraction of sp³-hybridized carbons (Fsp3) is 0.857. The van der Waals surface area contributed by atoms with E-state index in [1.165, 1.54) is 0 Å². The molecular weight excluding hydrogens is 439 g/mol. The van der Waals surface area contributed by atoms with Crippen LogP contribution in [0.1, 0.15) is 43.8 Å². The van der Waals surface area contributed by atoms with E-state index in [0.29, 0.717) is 18.5 Å². The summed E-state index contributed by atoms with van der Waals surface area (Å²) in [6.45, 7) is 11.0. The first-order chi connectivity index (χ1) is 14.1. The van der Waals surface area contributed by atoms with Crippen molar-refractivity contribution in [2.24, 2.45) is 11.3 Å². The molecule has 0 aromatic carbocycles. The molecule has 1 saturated carbocycles. The zero-order valence-electron chi connectivity index (χ0n) is 18.8. The number of nitrogens with zero attached hydrogens (tertiary/aromatic N) is 4. The zero-order valence-corrected chi connectivity index (χ0v) is 20.4. The monoisotopic (exact) mass is 476 g/mol. The maximum Gasteiger partial charge on any atom is 0.227 e. The average Bonchev–Trinajstić information content (AvgIpc) is 3.08. The summed E-state index contributed by atoms with van der Waals surface area (Å²) in [6.07, 6.45) is 5.22. The lowest BCUT2D eigenvalue weighted by Gasteiger charge is -2.50. The number of ether oxygens (including phenoxy) is 1. The second-order valence-corrected chi connectivity index (χ2v) is 8.93. The van der Waals surface area contributed by atoms with Crippen LogP contribution in [-0.4, -0.2) is 77.6 Å². The van der Waals surface area contributed by atoms with Gasteiger partial charge in [-0.1, -0.05) is 0 Å². The van der Waals surface area contributed by atoms with Crippen LogP contribution in [0.15, 0.2) is 0 Å². The van der Waals surface area contributed by atoms with Crippen LogP contribution < -0.4 is 10.6 Å². The molecule has 0 unspecified atom stereocenters. The number of fused-ring (bicyclic) bond motifs is 1. The van der Waals surface area contributed by atoms with Gasteiger partial charge in [-0.25, -0.2) is 4.98 Å². The van der Waals surface area contributed by atoms with Crippen molar-refractivity contribution in [3.05, 3.63) is 11.6 Å². The predicted octanol–water partition coefficient (Wildman–Crippen LogP) is 1.73. The van der Waals surface area contributed by atoms with Gasteiger partial charge in [-0.2, -0.15) is 5.10 Å². The minimum atomic E-state index is -0.235. The van der Waals surface area contributed by atoms with Gasteiger partial charge < -0.3 is 15.4 Å². The van der Waals surface area contributed by atoms with Gasteiger partial charge in [-0.15, -0.1) is 24.8 Å². The second kappa shape index (κ2) is 11.8. The van der Waals surface area contributed by atoms with Crippen molar-refractivity contribution < 1.29 is 9.53 Å². The highest BCUT2D eigenvalue weighted by Gasteiger charge is 2.50. The Morgan fingerprint density at radius 2 is 2.03 bits per heavy atom. The van der Waals surface area contributed by atoms with Gasteiger partial charge in [0.2, 0.25) is 5.91 Å². The first kappa shape index (κ1) is 26.3. The maximum absolute atomic E-state index is 13.3. The standard InChI is InChI=1S/C21H36N6O2.2ClH/c1-16-24-17(2)27(25-16)9-3-7-23-20(28)21-6-4-19(26-10-12-29-13-11-26)14-18(21)5-8-22-15-21;;/h18-19,22H,3-15H2,1-2H3,(H,23,28);2*1H/t18-,19+,21-;;/m1../s1. The van der Waals surface area contributed by atoms with Crippen molar-refractivity contribution in [1.29, 1.82) is 0 Å². The quantitative estimate of drug-likeness (QED) is 0.608. The Hall–Kier alpha value is -0.930. The third-order valence-electron chi connectivity index (χ3n) is 7.18. The van der Waals surface area contributed by atoms with E-state index in [4.69, 9.17) is 4.74 Å². The molecule has 3 aliphatic rings. The Kier molecular flexibility index (Phi) is 10.0. The minimum absolute atomic E-state index is 0. The van der Waals surface area contributed by atoms with Gasteiger partial charge in [-0.05, 0) is 58.4 Å². The number of halogens is 2. The molecule has 8 nitrogen and oxygen atoms in total. The topological polar surface area (TPSA) is 84.3 Å². The molecule has 3 heterocycles. The lowest BCUT2D eigenvalue weighted by Crippen LogP contribution is -2.60. The summed E-state index contributed by atoms with van der Waals surface area (Å²) in [5.74, 6) is 2.47. The summed E-state index contributed by atoms with van der Waals surface area (Å²) < 4.78 is 7.45. The molecule has 2 N–H and O–H groups in total. The van der Waals surface area contributed by atoms with E-state index in [1.807, 2.05) is 18.5 Å². The van der Waals surface area contributed by atoms with Crippen molar-refractivity contribution in [1.82, 2.24) is 30.3 Å². The van der Waals surface area contributed by atoms with Crippen molar-refractivity contribution in [3.8, 4) is 0 Å². The molecule has 1 aromatic rings. The number of amides is 1. The first-order valence-corrected chi connectivity index (χ1v) is 11.3. The number of morpholine rings is 1. The summed E-state index contributed by atoms with van der Waals surface area (Å²) >= 11 is 0. The normalized spacial score (nSPS) is 28.7. The first-order valence-electron chi connectivity index (χ1n) is 11.3. The van der Waals surface area contributed by atoms with Gasteiger partial charge in [0.15, 0.2) is 0 Å². The van der Waals surface area contributed by atoms with Gasteiger partial charge in [-0.3, -0.25) is 14.4 Å². The van der Waals surface area contributed by atoms with Crippen LogP contribution in [0.25, 0.3) is 0 Å². The third-order valence-corrected chi connectivity index (χ3v) is 7.18. The van der Waals surface area contributed by atoms with Crippen LogP contribution in [-0.2, 0) is 16.1 Å². The molecular formula is C21H38Cl2N6O2. The number of rotatable bonds is 6. The van der Waals surface area contributed by atoms with Crippen molar-refractivity contribution in [2.75, 3.05) is 45.9 Å². The van der Waals surface area contributed by atoms with E-state index in [9.17, 15) is 4.79 Å². The highest BCUT2D eigenvalue weighted by atomic mass is 35.5. The largest absolute Gasteiger partial charge is 0.379 e. The lowest BCUT2D eigenvalue weighted by atomic mass is 9.61. The molecule has 1 aromatic heterocycles. The van der Waals surface area contributed by atoms with Gasteiger partial charge in [0.1, 0.15) is 11.6 Å². The molecule has 0 spiro atoms. The summed E-state index contributed by atoms with van der Waals surface area (Å²) in [5.41, 5.74) is -0.235. The highest BCUT2D eigenvalue weighted by molar-refractivity contribution is 5.85. The Labute approximate surface area is 198 Å². The molecule has 1 amide bonds. The molecule has 178 valence electrons. The average molecular weight is 477 g/mol. The van der Waals surface area contributed by atoms with Gasteiger partial charge >= 0.3 is 0 Å². The summed E-state index contributed by atoms with van der Waals surface area (Å²) in [6, 6.07) is 0.612. The molecule has 31 heavy (non-hydrogen) atoms. The Morgan fingerprint density at radius 3 is 2.74 bits per heavy atom. The number of aromatic nitrogens is 3. The highest BCUT2D eigenvalue weighted by Crippen LogP contribution is 2.46. The molecule has 1 aliphatic carbocycles. The summed E-state index contributed by atoms with van der Waals surface area (Å²) in [7, 11) is 0. The number of carbonyl (C=O) groups excluding carboxylic acids is 1. The number of hydrogen-bond donors (Lipinski definition) is 2. The molecule has 0 radical (unpaired) electrons. The van der Waals surface area contributed by atoms with Crippen LogP contribution in [0, 0.1) is 25.2 Å². The molecule has 4 rings (SSSR count). The molecule has 10 heteroatoms. The fourth-order valence-corrected chi connectivity index (χ4v) is 5.55. The van der Waals surface area contributed by atoms with E-state index < -0.39 is 0 Å². The van der Waals surface area contributed by atoms with Crippen molar-refractivity contribution >= 4 is 30.7 Å². The Balaban J connectivity index is 0.00000171. The molecule has 0 bridgehead atoms. The molecule has 2 aliphatic heterocycles. The molecule has 3 fully saturated rings. The Bertz CT molecular complexity index is 712. The predicted molar refractivity (Wildman–Crippen MR) is 125 cm³/mol. The van der Waals surface area contributed by atoms with Gasteiger partial charge in [0.05, 0.1) is 18.6 Å². The number of nitrogens with one attached hydrogen (secondary N) is 2. The number of carbonyl (C=O) groups is 1. The summed E-state index contributed by atoms with van der Waals surface area (Å²) in [4.78, 5) is 20.2. The van der Waals surface area contributed by atoms with E-state index in [2.05, 4.69) is 25.6 Å². The number of piperidine rings is 1. The minimum Gasteiger partial charge on any atom is -0.379 e. The SMILES string of the molecule is Cc1nc(C)n(CCCNC(=O)[C@@]23CC[C@H](N4CCOCC4)C[C@H]2CCNC3)n1.Cl.Cl. The van der Waals surface area contributed by atoms with Gasteiger partial charge in [0.25, 0.3) is 0 Å². The molecule has 2 saturated heterocycles. The van der Waals surface area contributed by atoms with Crippen molar-refractivity contribution in [3.63, 3.8) is 0 Å². The fourth-order valence-electron chi connectivity index (χ4n) is 5.55. The van der Waals surface area contributed by atoms with Gasteiger partial charge in [0, 0.05) is 38.8 Å². The van der Waals surface area contributed by atoms with E-state index >= 15 is 0 Å². The van der Waals surface area contributed by atoms with Crippen LogP contribution in [0.2, 0.25) is 0 Å². The van der Waals surface area contributed by atoms with E-state index in [0.717, 1.165) is 89.7 Å². The lowest BCUT2D eigenvalue weighted by molar-refractivity contribution is -0.140. The zero-order chi connectivity index (χ0) is 20.3. The van der Waals surface area contributed by atoms with Crippen LogP contribution in [0.4, 0.5) is 0 Å². The number of hydrogen-bond acceptors (Lipinski definition) is 6. The van der Waals surface area contributed by atoms with Crippen LogP contribution >= 0.6 is 24.8 Å². The maximum atomic E-state index is 13.3. The number of aryl methyl sites for hydroxylation is 3. The summed E-state index contributed by atoms with van der Waals surface area (Å²) in [5, 5.41) is 11.2. The third kappa shape index (κ3) is 5.90. The molecule has 3 atom stereocenters.